The summed E-state index contributed by atoms with van der Waals surface area (Å²) in [5.74, 6) is -0.298. The van der Waals surface area contributed by atoms with Gasteiger partial charge in [0.05, 0.1) is 15.8 Å². The fraction of sp³-hybridized carbons (Fsp3) is 0.333. The summed E-state index contributed by atoms with van der Waals surface area (Å²) in [7, 11) is 0. The normalized spacial score (nSPS) is 10.1. The zero-order chi connectivity index (χ0) is 9.84. The molecule has 3 N–H and O–H groups in total. The largest absolute Gasteiger partial charge is 0.397 e. The molecule has 0 radical (unpaired) electrons. The SMILES string of the molecule is CCCNc1cc(F)c(Br)cc1N. The zero-order valence-corrected chi connectivity index (χ0v) is 8.99. The van der Waals surface area contributed by atoms with Crippen molar-refractivity contribution in [1.82, 2.24) is 0 Å². The van der Waals surface area contributed by atoms with Gasteiger partial charge in [0, 0.05) is 12.6 Å². The molecule has 1 aromatic carbocycles. The highest BCUT2D eigenvalue weighted by Crippen LogP contribution is 2.26. The summed E-state index contributed by atoms with van der Waals surface area (Å²) in [4.78, 5) is 0. The molecule has 4 heteroatoms. The van der Waals surface area contributed by atoms with Crippen molar-refractivity contribution in [1.29, 1.82) is 0 Å². The van der Waals surface area contributed by atoms with E-state index in [4.69, 9.17) is 5.73 Å². The summed E-state index contributed by atoms with van der Waals surface area (Å²) in [6, 6.07) is 2.96. The third-order valence-electron chi connectivity index (χ3n) is 1.66. The van der Waals surface area contributed by atoms with Gasteiger partial charge in [0.2, 0.25) is 0 Å². The molecule has 0 bridgehead atoms. The van der Waals surface area contributed by atoms with Crippen LogP contribution in [-0.4, -0.2) is 6.54 Å². The number of hydrogen-bond acceptors (Lipinski definition) is 2. The van der Waals surface area contributed by atoms with Gasteiger partial charge in [-0.2, -0.15) is 0 Å². The molecule has 0 heterocycles. The number of halogens is 2. The molecule has 2 nitrogen and oxygen atoms in total. The van der Waals surface area contributed by atoms with Crippen molar-refractivity contribution in [2.75, 3.05) is 17.6 Å². The van der Waals surface area contributed by atoms with Crippen LogP contribution >= 0.6 is 15.9 Å². The van der Waals surface area contributed by atoms with Crippen LogP contribution in [0.2, 0.25) is 0 Å². The molecule has 0 aliphatic heterocycles. The maximum absolute atomic E-state index is 13.0. The smallest absolute Gasteiger partial charge is 0.139 e. The lowest BCUT2D eigenvalue weighted by Gasteiger charge is -2.08. The van der Waals surface area contributed by atoms with Crippen LogP contribution in [-0.2, 0) is 0 Å². The minimum Gasteiger partial charge on any atom is -0.397 e. The van der Waals surface area contributed by atoms with Crippen LogP contribution in [0.4, 0.5) is 15.8 Å². The second-order valence-corrected chi connectivity index (χ2v) is 3.63. The summed E-state index contributed by atoms with van der Waals surface area (Å²) in [6.07, 6.45) is 0.983. The van der Waals surface area contributed by atoms with Gasteiger partial charge in [0.15, 0.2) is 0 Å². The Morgan fingerprint density at radius 3 is 2.85 bits per heavy atom. The van der Waals surface area contributed by atoms with E-state index in [1.165, 1.54) is 6.07 Å². The highest BCUT2D eigenvalue weighted by atomic mass is 79.9. The van der Waals surface area contributed by atoms with Crippen molar-refractivity contribution in [3.05, 3.63) is 22.4 Å². The van der Waals surface area contributed by atoms with Gasteiger partial charge in [0.25, 0.3) is 0 Å². The predicted octanol–water partition coefficient (Wildman–Crippen LogP) is 2.99. The van der Waals surface area contributed by atoms with Crippen LogP contribution < -0.4 is 11.1 Å². The molecule has 0 spiro atoms. The number of nitrogens with two attached hydrogens (primary N) is 1. The van der Waals surface area contributed by atoms with Gasteiger partial charge in [-0.3, -0.25) is 0 Å². The Labute approximate surface area is 85.4 Å². The van der Waals surface area contributed by atoms with Crippen LogP contribution in [0.15, 0.2) is 16.6 Å². The molecule has 0 saturated carbocycles. The molecule has 0 saturated heterocycles. The Bertz CT molecular complexity index is 302. The minimum atomic E-state index is -0.298. The van der Waals surface area contributed by atoms with Gasteiger partial charge in [-0.1, -0.05) is 6.92 Å². The van der Waals surface area contributed by atoms with E-state index >= 15 is 0 Å². The molecule has 0 unspecified atom stereocenters. The predicted molar refractivity (Wildman–Crippen MR) is 57.3 cm³/mol. The Balaban J connectivity index is 2.88. The lowest BCUT2D eigenvalue weighted by atomic mass is 10.2. The van der Waals surface area contributed by atoms with Gasteiger partial charge < -0.3 is 11.1 Å². The minimum absolute atomic E-state index is 0.298. The van der Waals surface area contributed by atoms with Crippen molar-refractivity contribution in [2.45, 2.75) is 13.3 Å². The van der Waals surface area contributed by atoms with Crippen molar-refractivity contribution in [3.8, 4) is 0 Å². The average Bonchev–Trinajstić information content (AvgIpc) is 2.09. The van der Waals surface area contributed by atoms with E-state index in [1.807, 2.05) is 6.92 Å². The molecular weight excluding hydrogens is 235 g/mol. The van der Waals surface area contributed by atoms with Gasteiger partial charge in [-0.15, -0.1) is 0 Å². The van der Waals surface area contributed by atoms with Crippen molar-refractivity contribution in [2.24, 2.45) is 0 Å². The molecule has 1 rings (SSSR count). The number of nitrogen functional groups attached to an aromatic ring is 1. The maximum atomic E-state index is 13.0. The van der Waals surface area contributed by atoms with Gasteiger partial charge in [0.1, 0.15) is 5.82 Å². The van der Waals surface area contributed by atoms with Crippen LogP contribution in [0.5, 0.6) is 0 Å². The fourth-order valence-corrected chi connectivity index (χ4v) is 1.34. The second-order valence-electron chi connectivity index (χ2n) is 2.78. The first kappa shape index (κ1) is 10.3. The molecule has 13 heavy (non-hydrogen) atoms. The summed E-state index contributed by atoms with van der Waals surface area (Å²) in [5.41, 5.74) is 6.88. The Morgan fingerprint density at radius 1 is 1.54 bits per heavy atom. The van der Waals surface area contributed by atoms with Crippen molar-refractivity contribution >= 4 is 27.3 Å². The summed E-state index contributed by atoms with van der Waals surface area (Å²) < 4.78 is 13.4. The van der Waals surface area contributed by atoms with Gasteiger partial charge >= 0.3 is 0 Å². The highest BCUT2D eigenvalue weighted by molar-refractivity contribution is 9.10. The lowest BCUT2D eigenvalue weighted by Crippen LogP contribution is -2.03. The van der Waals surface area contributed by atoms with E-state index in [0.29, 0.717) is 15.8 Å². The van der Waals surface area contributed by atoms with Crippen LogP contribution in [0.25, 0.3) is 0 Å². The Kier molecular flexibility index (Phi) is 3.54. The number of rotatable bonds is 3. The topological polar surface area (TPSA) is 38.0 Å². The quantitative estimate of drug-likeness (QED) is 0.806. The highest BCUT2D eigenvalue weighted by Gasteiger charge is 2.04. The maximum Gasteiger partial charge on any atom is 0.139 e. The molecule has 0 aromatic heterocycles. The molecule has 0 fully saturated rings. The molecule has 72 valence electrons. The molecule has 0 aliphatic carbocycles. The first-order valence-corrected chi connectivity index (χ1v) is 4.92. The van der Waals surface area contributed by atoms with E-state index < -0.39 is 0 Å². The fourth-order valence-electron chi connectivity index (χ4n) is 0.975. The van der Waals surface area contributed by atoms with E-state index in [-0.39, 0.29) is 5.82 Å². The molecule has 0 aliphatic rings. The first-order valence-electron chi connectivity index (χ1n) is 4.13. The van der Waals surface area contributed by atoms with Crippen LogP contribution in [0.1, 0.15) is 13.3 Å². The number of benzene rings is 1. The molecule has 0 amide bonds. The monoisotopic (exact) mass is 246 g/mol. The van der Waals surface area contributed by atoms with Gasteiger partial charge in [-0.05, 0) is 28.4 Å². The Morgan fingerprint density at radius 2 is 2.23 bits per heavy atom. The van der Waals surface area contributed by atoms with Crippen molar-refractivity contribution < 1.29 is 4.39 Å². The molecule has 1 aromatic rings. The van der Waals surface area contributed by atoms with Crippen molar-refractivity contribution in [3.63, 3.8) is 0 Å². The zero-order valence-electron chi connectivity index (χ0n) is 7.40. The lowest BCUT2D eigenvalue weighted by molar-refractivity contribution is 0.622. The number of nitrogens with one attached hydrogen (secondary N) is 1. The first-order chi connectivity index (χ1) is 6.15. The van der Waals surface area contributed by atoms with E-state index in [9.17, 15) is 4.39 Å². The average molecular weight is 247 g/mol. The number of hydrogen-bond donors (Lipinski definition) is 2. The summed E-state index contributed by atoms with van der Waals surface area (Å²) in [5, 5.41) is 3.04. The van der Waals surface area contributed by atoms with Gasteiger partial charge in [-0.25, -0.2) is 4.39 Å². The summed E-state index contributed by atoms with van der Waals surface area (Å²) in [6.45, 7) is 2.84. The van der Waals surface area contributed by atoms with E-state index in [1.54, 1.807) is 6.07 Å². The van der Waals surface area contributed by atoms with E-state index in [0.717, 1.165) is 13.0 Å². The molecular formula is C9H12BrFN2. The number of anilines is 2. The van der Waals surface area contributed by atoms with E-state index in [2.05, 4.69) is 21.2 Å². The van der Waals surface area contributed by atoms with Crippen LogP contribution in [0, 0.1) is 5.82 Å². The van der Waals surface area contributed by atoms with Crippen LogP contribution in [0.3, 0.4) is 0 Å². The summed E-state index contributed by atoms with van der Waals surface area (Å²) >= 11 is 3.07. The third kappa shape index (κ3) is 2.59. The third-order valence-corrected chi connectivity index (χ3v) is 2.27. The Hall–Kier alpha value is -0.770. The second kappa shape index (κ2) is 4.46. The standard InChI is InChI=1S/C9H12BrFN2/c1-2-3-13-9-5-7(11)6(10)4-8(9)12/h4-5,13H,2-3,12H2,1H3. The molecule has 0 atom stereocenters.